The molecule has 12 heavy (non-hydrogen) atoms. The second-order valence-corrected chi connectivity index (χ2v) is 3.87. The Morgan fingerprint density at radius 3 is 2.00 bits per heavy atom. The van der Waals surface area contributed by atoms with Crippen molar-refractivity contribution >= 4 is 5.78 Å². The van der Waals surface area contributed by atoms with E-state index in [4.69, 9.17) is 0 Å². The number of ketones is 1. The van der Waals surface area contributed by atoms with Crippen LogP contribution in [0.25, 0.3) is 0 Å². The van der Waals surface area contributed by atoms with Gasteiger partial charge in [-0.2, -0.15) is 0 Å². The minimum atomic E-state index is -1.15. The highest BCUT2D eigenvalue weighted by Crippen LogP contribution is 2.17. The summed E-state index contributed by atoms with van der Waals surface area (Å²) in [4.78, 5) is 11.3. The van der Waals surface area contributed by atoms with Crippen LogP contribution >= 0.6 is 0 Å². The molecule has 0 spiro atoms. The number of carbonyl (C=O) groups excluding carboxylic acids is 1. The molecule has 0 aromatic heterocycles. The molecule has 1 N–H and O–H groups in total. The van der Waals surface area contributed by atoms with E-state index >= 15 is 0 Å². The van der Waals surface area contributed by atoms with Crippen molar-refractivity contribution in [3.8, 4) is 0 Å². The van der Waals surface area contributed by atoms with Gasteiger partial charge in [0.1, 0.15) is 5.60 Å². The summed E-state index contributed by atoms with van der Waals surface area (Å²) in [5.41, 5.74) is -1.15. The maximum atomic E-state index is 11.3. The normalized spacial score (nSPS) is 12.2. The molecule has 0 aliphatic carbocycles. The van der Waals surface area contributed by atoms with Crippen molar-refractivity contribution in [2.45, 2.75) is 52.6 Å². The van der Waals surface area contributed by atoms with Crippen molar-refractivity contribution in [1.29, 1.82) is 0 Å². The first-order valence-corrected chi connectivity index (χ1v) is 4.67. The molecule has 0 aliphatic rings. The lowest BCUT2D eigenvalue weighted by atomic mass is 9.90. The minimum absolute atomic E-state index is 0.0452. The third-order valence-electron chi connectivity index (χ3n) is 2.31. The van der Waals surface area contributed by atoms with Crippen molar-refractivity contribution < 1.29 is 9.90 Å². The molecule has 0 heterocycles. The second kappa shape index (κ2) is 4.61. The molecule has 0 bridgehead atoms. The highest BCUT2D eigenvalue weighted by atomic mass is 16.3. The number of hydrogen-bond acceptors (Lipinski definition) is 2. The third-order valence-corrected chi connectivity index (χ3v) is 2.31. The monoisotopic (exact) mass is 172 g/mol. The highest BCUT2D eigenvalue weighted by molar-refractivity contribution is 5.86. The summed E-state index contributed by atoms with van der Waals surface area (Å²) in [5, 5.41) is 9.38. The Hall–Kier alpha value is -0.370. The van der Waals surface area contributed by atoms with Gasteiger partial charge in [-0.3, -0.25) is 4.79 Å². The lowest BCUT2D eigenvalue weighted by Gasteiger charge is -2.19. The molecular weight excluding hydrogens is 152 g/mol. The first kappa shape index (κ1) is 11.6. The van der Waals surface area contributed by atoms with Crippen molar-refractivity contribution in [3.05, 3.63) is 0 Å². The standard InChI is InChI=1S/C10H20O2/c1-5-8(6-2)7-9(11)10(3,4)12/h8,12H,5-7H2,1-4H3. The van der Waals surface area contributed by atoms with Crippen LogP contribution in [0.1, 0.15) is 47.0 Å². The van der Waals surface area contributed by atoms with Crippen LogP contribution in [0.2, 0.25) is 0 Å². The molecule has 0 aliphatic heterocycles. The number of carbonyl (C=O) groups is 1. The second-order valence-electron chi connectivity index (χ2n) is 3.87. The van der Waals surface area contributed by atoms with E-state index in [1.54, 1.807) is 13.8 Å². The third kappa shape index (κ3) is 3.86. The SMILES string of the molecule is CCC(CC)CC(=O)C(C)(C)O. The Morgan fingerprint density at radius 2 is 1.75 bits per heavy atom. The smallest absolute Gasteiger partial charge is 0.164 e. The largest absolute Gasteiger partial charge is 0.383 e. The lowest BCUT2D eigenvalue weighted by molar-refractivity contribution is -0.135. The quantitative estimate of drug-likeness (QED) is 0.690. The van der Waals surface area contributed by atoms with Crippen LogP contribution in [0.15, 0.2) is 0 Å². The molecule has 0 aromatic rings. The van der Waals surface area contributed by atoms with Gasteiger partial charge in [-0.25, -0.2) is 0 Å². The predicted octanol–water partition coefficient (Wildman–Crippen LogP) is 2.15. The zero-order valence-corrected chi connectivity index (χ0v) is 8.55. The molecule has 0 atom stereocenters. The van der Waals surface area contributed by atoms with Crippen LogP contribution < -0.4 is 0 Å². The van der Waals surface area contributed by atoms with Gasteiger partial charge in [0.25, 0.3) is 0 Å². The van der Waals surface area contributed by atoms with Crippen LogP contribution in [0.3, 0.4) is 0 Å². The van der Waals surface area contributed by atoms with E-state index in [1.165, 1.54) is 0 Å². The summed E-state index contributed by atoms with van der Waals surface area (Å²) >= 11 is 0. The summed E-state index contributed by atoms with van der Waals surface area (Å²) in [7, 11) is 0. The minimum Gasteiger partial charge on any atom is -0.383 e. The molecule has 2 nitrogen and oxygen atoms in total. The summed E-state index contributed by atoms with van der Waals surface area (Å²) in [6.45, 7) is 7.26. The zero-order chi connectivity index (χ0) is 9.78. The molecule has 0 aromatic carbocycles. The molecule has 72 valence electrons. The van der Waals surface area contributed by atoms with E-state index in [0.717, 1.165) is 12.8 Å². The number of hydrogen-bond donors (Lipinski definition) is 1. The fourth-order valence-electron chi connectivity index (χ4n) is 1.09. The van der Waals surface area contributed by atoms with Crippen molar-refractivity contribution in [2.75, 3.05) is 0 Å². The van der Waals surface area contributed by atoms with Gasteiger partial charge < -0.3 is 5.11 Å². The Balaban J connectivity index is 3.99. The van der Waals surface area contributed by atoms with Crippen LogP contribution in [0.4, 0.5) is 0 Å². The van der Waals surface area contributed by atoms with E-state index in [9.17, 15) is 9.90 Å². The summed E-state index contributed by atoms with van der Waals surface area (Å²) in [5.74, 6) is 0.389. The van der Waals surface area contributed by atoms with E-state index in [-0.39, 0.29) is 5.78 Å². The topological polar surface area (TPSA) is 37.3 Å². The Kier molecular flexibility index (Phi) is 4.46. The van der Waals surface area contributed by atoms with E-state index in [1.807, 2.05) is 0 Å². The van der Waals surface area contributed by atoms with Gasteiger partial charge in [0.15, 0.2) is 5.78 Å². The van der Waals surface area contributed by atoms with Crippen molar-refractivity contribution in [2.24, 2.45) is 5.92 Å². The predicted molar refractivity (Wildman–Crippen MR) is 50.0 cm³/mol. The van der Waals surface area contributed by atoms with Crippen LogP contribution in [0.5, 0.6) is 0 Å². The Morgan fingerprint density at radius 1 is 1.33 bits per heavy atom. The summed E-state index contributed by atoms with van der Waals surface area (Å²) < 4.78 is 0. The average Bonchev–Trinajstić information content (AvgIpc) is 1.97. The molecule has 0 saturated carbocycles. The van der Waals surface area contributed by atoms with Gasteiger partial charge in [0.05, 0.1) is 0 Å². The summed E-state index contributed by atoms with van der Waals surface area (Å²) in [6.07, 6.45) is 2.53. The zero-order valence-electron chi connectivity index (χ0n) is 8.55. The number of aliphatic hydroxyl groups is 1. The van der Waals surface area contributed by atoms with Gasteiger partial charge in [0.2, 0.25) is 0 Å². The average molecular weight is 172 g/mol. The van der Waals surface area contributed by atoms with Crippen LogP contribution in [-0.2, 0) is 4.79 Å². The fourth-order valence-corrected chi connectivity index (χ4v) is 1.09. The molecule has 0 rings (SSSR count). The first-order valence-electron chi connectivity index (χ1n) is 4.67. The Labute approximate surface area is 75.0 Å². The maximum Gasteiger partial charge on any atom is 0.164 e. The van der Waals surface area contributed by atoms with E-state index in [2.05, 4.69) is 13.8 Å². The maximum absolute atomic E-state index is 11.3. The van der Waals surface area contributed by atoms with Gasteiger partial charge in [-0.1, -0.05) is 26.7 Å². The Bertz CT molecular complexity index is 140. The molecule has 0 amide bonds. The van der Waals surface area contributed by atoms with Gasteiger partial charge in [-0.15, -0.1) is 0 Å². The van der Waals surface area contributed by atoms with E-state index < -0.39 is 5.60 Å². The lowest BCUT2D eigenvalue weighted by Crippen LogP contribution is -2.32. The van der Waals surface area contributed by atoms with E-state index in [0.29, 0.717) is 12.3 Å². The highest BCUT2D eigenvalue weighted by Gasteiger charge is 2.25. The van der Waals surface area contributed by atoms with Crippen molar-refractivity contribution in [1.82, 2.24) is 0 Å². The number of Topliss-reactive ketones (excluding diaryl/α,β-unsaturated/α-hetero) is 1. The van der Waals surface area contributed by atoms with Gasteiger partial charge in [-0.05, 0) is 19.8 Å². The van der Waals surface area contributed by atoms with Crippen LogP contribution in [-0.4, -0.2) is 16.5 Å². The fraction of sp³-hybridized carbons (Fsp3) is 0.900. The molecular formula is C10H20O2. The molecule has 0 saturated heterocycles. The van der Waals surface area contributed by atoms with Gasteiger partial charge >= 0.3 is 0 Å². The van der Waals surface area contributed by atoms with Gasteiger partial charge in [0, 0.05) is 6.42 Å². The van der Waals surface area contributed by atoms with Crippen LogP contribution in [0, 0.1) is 5.92 Å². The molecule has 0 radical (unpaired) electrons. The first-order chi connectivity index (χ1) is 5.41. The molecule has 0 unspecified atom stereocenters. The molecule has 0 fully saturated rings. The molecule has 2 heteroatoms. The number of rotatable bonds is 5. The summed E-state index contributed by atoms with van der Waals surface area (Å²) in [6, 6.07) is 0. The van der Waals surface area contributed by atoms with Crippen molar-refractivity contribution in [3.63, 3.8) is 0 Å².